The fourth-order valence-electron chi connectivity index (χ4n) is 0.868. The van der Waals surface area contributed by atoms with Crippen molar-refractivity contribution in [3.05, 3.63) is 0 Å². The summed E-state index contributed by atoms with van der Waals surface area (Å²) in [5.74, 6) is -0.0444. The number of carbonyl (C=O) groups excluding carboxylic acids is 1. The standard InChI is InChI=1S/C8H16O4/c1-10-6-4-5-7(9)8(11-2)12-3/h8H,4-6H2,1-3H3. The summed E-state index contributed by atoms with van der Waals surface area (Å²) >= 11 is 0. The van der Waals surface area contributed by atoms with Gasteiger partial charge in [0, 0.05) is 34.4 Å². The third-order valence-corrected chi connectivity index (χ3v) is 1.46. The number of rotatable bonds is 7. The molecule has 0 saturated carbocycles. The smallest absolute Gasteiger partial charge is 0.217 e. The van der Waals surface area contributed by atoms with Crippen LogP contribution in [0.25, 0.3) is 0 Å². The summed E-state index contributed by atoms with van der Waals surface area (Å²) in [6.45, 7) is 0.589. The van der Waals surface area contributed by atoms with Crippen molar-refractivity contribution in [1.29, 1.82) is 0 Å². The third-order valence-electron chi connectivity index (χ3n) is 1.46. The lowest BCUT2D eigenvalue weighted by atomic mass is 10.2. The minimum Gasteiger partial charge on any atom is -0.385 e. The fourth-order valence-corrected chi connectivity index (χ4v) is 0.868. The highest BCUT2D eigenvalue weighted by atomic mass is 16.7. The Morgan fingerprint density at radius 3 is 2.25 bits per heavy atom. The molecule has 0 aromatic heterocycles. The molecule has 0 aliphatic carbocycles. The summed E-state index contributed by atoms with van der Waals surface area (Å²) in [7, 11) is 4.50. The van der Waals surface area contributed by atoms with Crippen LogP contribution < -0.4 is 0 Å². The van der Waals surface area contributed by atoms with E-state index in [9.17, 15) is 4.79 Å². The molecule has 0 atom stereocenters. The Kier molecular flexibility index (Phi) is 6.94. The van der Waals surface area contributed by atoms with E-state index < -0.39 is 6.29 Å². The van der Waals surface area contributed by atoms with Gasteiger partial charge in [-0.3, -0.25) is 4.79 Å². The number of ether oxygens (including phenoxy) is 3. The molecule has 0 aliphatic rings. The van der Waals surface area contributed by atoms with Gasteiger partial charge in [-0.1, -0.05) is 0 Å². The van der Waals surface area contributed by atoms with Gasteiger partial charge in [0.1, 0.15) is 0 Å². The molecule has 4 heteroatoms. The highest BCUT2D eigenvalue weighted by Gasteiger charge is 2.15. The molecule has 0 N–H and O–H groups in total. The van der Waals surface area contributed by atoms with Crippen LogP contribution in [0.5, 0.6) is 0 Å². The average molecular weight is 176 g/mol. The minimum absolute atomic E-state index is 0.0444. The Labute approximate surface area is 72.8 Å². The van der Waals surface area contributed by atoms with Crippen LogP contribution in [0.3, 0.4) is 0 Å². The van der Waals surface area contributed by atoms with Crippen molar-refractivity contribution in [3.63, 3.8) is 0 Å². The summed E-state index contributed by atoms with van der Waals surface area (Å²) < 4.78 is 14.4. The predicted molar refractivity (Wildman–Crippen MR) is 43.9 cm³/mol. The molecule has 0 aliphatic heterocycles. The van der Waals surface area contributed by atoms with Crippen molar-refractivity contribution in [2.75, 3.05) is 27.9 Å². The Hall–Kier alpha value is -0.450. The quantitative estimate of drug-likeness (QED) is 0.421. The van der Waals surface area contributed by atoms with Crippen molar-refractivity contribution >= 4 is 5.78 Å². The molecule has 0 amide bonds. The van der Waals surface area contributed by atoms with Gasteiger partial charge in [0.15, 0.2) is 5.78 Å². The van der Waals surface area contributed by atoms with Gasteiger partial charge in [0.2, 0.25) is 6.29 Å². The lowest BCUT2D eigenvalue weighted by Crippen LogP contribution is -2.24. The highest BCUT2D eigenvalue weighted by molar-refractivity contribution is 5.81. The van der Waals surface area contributed by atoms with Gasteiger partial charge in [-0.15, -0.1) is 0 Å². The molecule has 0 aromatic carbocycles. The Balaban J connectivity index is 3.54. The normalized spacial score (nSPS) is 10.7. The third kappa shape index (κ3) is 4.43. The Morgan fingerprint density at radius 1 is 1.25 bits per heavy atom. The van der Waals surface area contributed by atoms with Gasteiger partial charge in [-0.25, -0.2) is 0 Å². The molecule has 0 fully saturated rings. The van der Waals surface area contributed by atoms with Gasteiger partial charge in [0.25, 0.3) is 0 Å². The second kappa shape index (κ2) is 7.21. The van der Waals surface area contributed by atoms with E-state index in [4.69, 9.17) is 14.2 Å². The number of hydrogen-bond donors (Lipinski definition) is 0. The lowest BCUT2D eigenvalue weighted by Gasteiger charge is -2.11. The second-order valence-electron chi connectivity index (χ2n) is 2.37. The molecule has 4 nitrogen and oxygen atoms in total. The monoisotopic (exact) mass is 176 g/mol. The second-order valence-corrected chi connectivity index (χ2v) is 2.37. The number of methoxy groups -OCH3 is 3. The van der Waals surface area contributed by atoms with E-state index in [1.165, 1.54) is 14.2 Å². The van der Waals surface area contributed by atoms with Crippen LogP contribution in [-0.2, 0) is 19.0 Å². The van der Waals surface area contributed by atoms with E-state index >= 15 is 0 Å². The van der Waals surface area contributed by atoms with Crippen LogP contribution in [0, 0.1) is 0 Å². The van der Waals surface area contributed by atoms with Gasteiger partial charge in [0.05, 0.1) is 0 Å². The molecule has 72 valence electrons. The molecule has 0 saturated heterocycles. The van der Waals surface area contributed by atoms with E-state index in [1.807, 2.05) is 0 Å². The molecule has 12 heavy (non-hydrogen) atoms. The van der Waals surface area contributed by atoms with E-state index in [0.717, 1.165) is 0 Å². The van der Waals surface area contributed by atoms with Crippen LogP contribution in [0.2, 0.25) is 0 Å². The summed E-state index contributed by atoms with van der Waals surface area (Å²) in [6, 6.07) is 0. The molecule has 0 rings (SSSR count). The molecule has 0 bridgehead atoms. The van der Waals surface area contributed by atoms with Crippen LogP contribution >= 0.6 is 0 Å². The Morgan fingerprint density at radius 2 is 1.83 bits per heavy atom. The van der Waals surface area contributed by atoms with Crippen LogP contribution in [0.1, 0.15) is 12.8 Å². The summed E-state index contributed by atoms with van der Waals surface area (Å²) in [5.41, 5.74) is 0. The fraction of sp³-hybridized carbons (Fsp3) is 0.875. The predicted octanol–water partition coefficient (Wildman–Crippen LogP) is 0.601. The number of Topliss-reactive ketones (excluding diaryl/α,β-unsaturated/α-hetero) is 1. The first-order chi connectivity index (χ1) is 5.76. The summed E-state index contributed by atoms with van der Waals surface area (Å²) in [4.78, 5) is 11.2. The van der Waals surface area contributed by atoms with E-state index in [0.29, 0.717) is 19.4 Å². The number of carbonyl (C=O) groups is 1. The molecule has 0 spiro atoms. The SMILES string of the molecule is COCCCC(=O)C(OC)OC. The van der Waals surface area contributed by atoms with Crippen molar-refractivity contribution in [1.82, 2.24) is 0 Å². The highest BCUT2D eigenvalue weighted by Crippen LogP contribution is 2.00. The topological polar surface area (TPSA) is 44.8 Å². The van der Waals surface area contributed by atoms with Crippen LogP contribution in [0.15, 0.2) is 0 Å². The van der Waals surface area contributed by atoms with Gasteiger partial charge in [-0.2, -0.15) is 0 Å². The molecular weight excluding hydrogens is 160 g/mol. The first-order valence-electron chi connectivity index (χ1n) is 3.83. The largest absolute Gasteiger partial charge is 0.385 e. The zero-order valence-corrected chi connectivity index (χ0v) is 7.83. The summed E-state index contributed by atoms with van der Waals surface area (Å²) in [6.07, 6.45) is 0.417. The first kappa shape index (κ1) is 11.6. The molecule has 0 radical (unpaired) electrons. The van der Waals surface area contributed by atoms with Crippen molar-refractivity contribution in [2.24, 2.45) is 0 Å². The first-order valence-corrected chi connectivity index (χ1v) is 3.83. The van der Waals surface area contributed by atoms with Crippen LogP contribution in [0.4, 0.5) is 0 Å². The molecule has 0 unspecified atom stereocenters. The van der Waals surface area contributed by atoms with Crippen molar-refractivity contribution < 1.29 is 19.0 Å². The maximum atomic E-state index is 11.2. The van der Waals surface area contributed by atoms with E-state index in [-0.39, 0.29) is 5.78 Å². The van der Waals surface area contributed by atoms with Crippen molar-refractivity contribution in [3.8, 4) is 0 Å². The van der Waals surface area contributed by atoms with Gasteiger partial charge >= 0.3 is 0 Å². The average Bonchev–Trinajstić information content (AvgIpc) is 2.07. The maximum absolute atomic E-state index is 11.2. The van der Waals surface area contributed by atoms with E-state index in [2.05, 4.69) is 0 Å². The lowest BCUT2D eigenvalue weighted by molar-refractivity contribution is -0.156. The maximum Gasteiger partial charge on any atom is 0.217 e. The van der Waals surface area contributed by atoms with Gasteiger partial charge < -0.3 is 14.2 Å². The van der Waals surface area contributed by atoms with E-state index in [1.54, 1.807) is 7.11 Å². The van der Waals surface area contributed by atoms with Gasteiger partial charge in [-0.05, 0) is 6.42 Å². The van der Waals surface area contributed by atoms with Crippen LogP contribution in [-0.4, -0.2) is 40.0 Å². The molecule has 0 aromatic rings. The summed E-state index contributed by atoms with van der Waals surface area (Å²) in [5, 5.41) is 0. The molecular formula is C8H16O4. The minimum atomic E-state index is -0.721. The Bertz CT molecular complexity index is 120. The van der Waals surface area contributed by atoms with Crippen molar-refractivity contribution in [2.45, 2.75) is 19.1 Å². The number of ketones is 1. The zero-order valence-electron chi connectivity index (χ0n) is 7.83. The number of hydrogen-bond acceptors (Lipinski definition) is 4. The molecule has 0 heterocycles. The zero-order chi connectivity index (χ0) is 9.40.